The Hall–Kier alpha value is -8.24. The number of hydrogen-bond donors (Lipinski definition) is 1. The van der Waals surface area contributed by atoms with Crippen LogP contribution in [0.4, 0.5) is 4.39 Å². The van der Waals surface area contributed by atoms with Gasteiger partial charge in [-0.25, -0.2) is 18.4 Å². The number of H-pyrrole nitrogens is 1. The van der Waals surface area contributed by atoms with Crippen LogP contribution in [-0.4, -0.2) is 184 Å². The van der Waals surface area contributed by atoms with E-state index in [0.717, 1.165) is 126 Å². The zero-order valence-corrected chi connectivity index (χ0v) is 57.0. The predicted molar refractivity (Wildman–Crippen MR) is 372 cm³/mol. The van der Waals surface area contributed by atoms with Crippen molar-refractivity contribution in [2.75, 3.05) is 66.0 Å². The number of fused-ring (bicyclic) bond motifs is 4. The van der Waals surface area contributed by atoms with Crippen LogP contribution in [0.1, 0.15) is 36.3 Å². The molecule has 0 spiro atoms. The molecule has 3 saturated heterocycles. The summed E-state index contributed by atoms with van der Waals surface area (Å²) in [6, 6.07) is 38.9. The molecule has 2 amide bonds. The first kappa shape index (κ1) is 65.8. The molecule has 0 saturated carbocycles. The van der Waals surface area contributed by atoms with Crippen LogP contribution < -0.4 is 0 Å². The molecule has 482 valence electrons. The van der Waals surface area contributed by atoms with Gasteiger partial charge >= 0.3 is 0 Å². The molecule has 3 aliphatic heterocycles. The summed E-state index contributed by atoms with van der Waals surface area (Å²) < 4.78 is 19.0. The highest BCUT2D eigenvalue weighted by Gasteiger charge is 2.29. The van der Waals surface area contributed by atoms with Crippen LogP contribution in [0.15, 0.2) is 121 Å². The Kier molecular flexibility index (Phi) is 20.7. The number of likely N-dealkylation sites (N-methyl/N-ethyl adjacent to an activating group) is 1. The second-order valence-electron chi connectivity index (χ2n) is 23.0. The molecule has 0 unspecified atom stereocenters. The molecule has 3 fully saturated rings. The van der Waals surface area contributed by atoms with Crippen molar-refractivity contribution >= 4 is 125 Å². The highest BCUT2D eigenvalue weighted by Crippen LogP contribution is 2.37. The predicted octanol–water partition coefficient (Wildman–Crippen LogP) is 12.1. The quantitative estimate of drug-likeness (QED) is 0.119. The molecular weight excluding hydrogens is 1390 g/mol. The minimum Gasteiger partial charge on any atom is -0.341 e. The zero-order chi connectivity index (χ0) is 65.6. The van der Waals surface area contributed by atoms with E-state index in [0.29, 0.717) is 81.9 Å². The van der Waals surface area contributed by atoms with Gasteiger partial charge < -0.3 is 14.7 Å². The molecule has 0 bridgehead atoms. The summed E-state index contributed by atoms with van der Waals surface area (Å²) in [5.74, 6) is -0.122. The molecule has 15 rings (SSSR count). The van der Waals surface area contributed by atoms with Crippen LogP contribution >= 0.6 is 69.0 Å². The van der Waals surface area contributed by atoms with Gasteiger partial charge in [0.15, 0.2) is 16.9 Å². The van der Waals surface area contributed by atoms with E-state index < -0.39 is 6.17 Å². The monoisotopic (exact) mass is 1450 g/mol. The summed E-state index contributed by atoms with van der Waals surface area (Å²) in [4.78, 5) is 33.0. The van der Waals surface area contributed by atoms with Crippen LogP contribution in [0, 0.1) is 24.5 Å². The lowest BCUT2D eigenvalue weighted by atomic mass is 10.1. The second-order valence-corrected chi connectivity index (χ2v) is 25.5. The van der Waals surface area contributed by atoms with Crippen molar-refractivity contribution in [2.45, 2.75) is 65.8 Å². The number of nitrogens with zero attached hydrogens (tertiary/aromatic N) is 19. The summed E-state index contributed by atoms with van der Waals surface area (Å²) in [5, 5.41) is 59.9. The van der Waals surface area contributed by atoms with Crippen molar-refractivity contribution in [2.24, 2.45) is 0 Å². The Morgan fingerprint density at radius 3 is 1.39 bits per heavy atom. The fourth-order valence-corrected chi connectivity index (χ4v) is 13.9. The number of piperazine rings is 1. The van der Waals surface area contributed by atoms with E-state index in [1.54, 1.807) is 4.68 Å². The van der Waals surface area contributed by atoms with Crippen molar-refractivity contribution in [3.8, 4) is 45.0 Å². The van der Waals surface area contributed by atoms with Gasteiger partial charge in [-0.3, -0.25) is 19.6 Å². The van der Waals surface area contributed by atoms with Gasteiger partial charge in [0.2, 0.25) is 17.5 Å². The number of hydrogen-bond acceptors (Lipinski definition) is 16. The Labute approximate surface area is 573 Å². The van der Waals surface area contributed by atoms with Gasteiger partial charge in [-0.15, -0.1) is 40.8 Å². The summed E-state index contributed by atoms with van der Waals surface area (Å²) in [6.45, 7) is 14.3. The van der Waals surface area contributed by atoms with Gasteiger partial charge in [0.25, 0.3) is 0 Å². The largest absolute Gasteiger partial charge is 0.341 e. The minimum atomic E-state index is -0.948. The van der Waals surface area contributed by atoms with Gasteiger partial charge in [0, 0.05) is 80.3 Å². The van der Waals surface area contributed by atoms with Gasteiger partial charge in [-0.2, -0.15) is 20.4 Å². The van der Waals surface area contributed by atoms with E-state index in [1.165, 1.54) is 9.58 Å². The molecule has 1 N–H and O–H groups in total. The van der Waals surface area contributed by atoms with Crippen LogP contribution in [-0.2, 0) is 29.2 Å². The molecule has 1 atom stereocenters. The minimum absolute atomic E-state index is 0.0120. The number of halogens is 6. The average Bonchev–Trinajstić information content (AvgIpc) is 1.61. The standard InChI is InChI=1S/C19H23ClN6.C18H18ClN5O.C17H14ClFIN5O.C12H9ClN4/c1-14-16-17(20)18(15-6-4-3-5-7-15)21-22-19(16)26(23-14)13-12-25-10-8-24(2)9-11-25;1-12-15-16(19)17(13-7-3-2-4-8-13)20-21-18(15)24(22-12)11-14(25)23-9-5-6-10-23;18-14-13-16(20)23-25(9-12(26)24-7-6-11(19)8-24)17(13)22-21-15(14)10-4-2-1-3-5-10;1-7-9-10(13)11(8-5-3-2-4-6-8)15-17-12(9)16-14-7/h3-7H,8-13H2,1-2H3;2-4,7-8H,5-6,9-11H2,1H3;1-5,11H,6-9H2;2-6H,1H3,(H,14,16,17)/t;;11-;/m..1./s1. The summed E-state index contributed by atoms with van der Waals surface area (Å²) in [6.07, 6.45) is 1.57. The molecule has 0 radical (unpaired) electrons. The van der Waals surface area contributed by atoms with E-state index in [-0.39, 0.29) is 31.4 Å². The first-order valence-corrected chi connectivity index (χ1v) is 33.2. The maximum absolute atomic E-state index is 13.3. The van der Waals surface area contributed by atoms with Crippen LogP contribution in [0.3, 0.4) is 0 Å². The molecule has 28 heteroatoms. The Morgan fingerprint density at radius 2 is 0.915 bits per heavy atom. The number of amides is 2. The topological polar surface area (TPSA) is 232 Å². The third-order valence-corrected chi connectivity index (χ3v) is 18.9. The smallest absolute Gasteiger partial charge is 0.244 e. The van der Waals surface area contributed by atoms with Crippen LogP contribution in [0.25, 0.3) is 89.2 Å². The number of nitrogens with one attached hydrogen (secondary N) is 1. The highest BCUT2D eigenvalue weighted by atomic mass is 127. The summed E-state index contributed by atoms with van der Waals surface area (Å²) >= 11 is 28.3. The normalized spacial score (nSPS) is 15.1. The van der Waals surface area contributed by atoms with Crippen LogP contribution in [0.5, 0.6) is 0 Å². The van der Waals surface area contributed by atoms with E-state index >= 15 is 0 Å². The first-order valence-electron chi connectivity index (χ1n) is 30.7. The maximum Gasteiger partial charge on any atom is 0.244 e. The van der Waals surface area contributed by atoms with Crippen molar-refractivity contribution in [3.05, 3.63) is 162 Å². The fourth-order valence-electron chi connectivity index (χ4n) is 11.5. The molecule has 4 aromatic carbocycles. The third kappa shape index (κ3) is 14.4. The number of alkyl halides is 1. The van der Waals surface area contributed by atoms with Crippen molar-refractivity contribution in [1.82, 2.24) is 99.9 Å². The molecule has 12 aromatic rings. The van der Waals surface area contributed by atoms with Gasteiger partial charge in [0.05, 0.1) is 66.1 Å². The number of rotatable bonds is 11. The lowest BCUT2D eigenvalue weighted by molar-refractivity contribution is -0.131. The summed E-state index contributed by atoms with van der Waals surface area (Å²) in [5.41, 5.74) is 11.1. The fraction of sp³-hybridized carbons (Fsp3) is 0.303. The lowest BCUT2D eigenvalue weighted by Crippen LogP contribution is -2.45. The number of carbonyl (C=O) groups excluding carboxylic acids is 2. The van der Waals surface area contributed by atoms with Gasteiger partial charge in [-0.05, 0) is 69.7 Å². The lowest BCUT2D eigenvalue weighted by Gasteiger charge is -2.32. The number of aromatic nitrogens is 16. The van der Waals surface area contributed by atoms with Crippen molar-refractivity contribution < 1.29 is 14.0 Å². The second kappa shape index (κ2) is 29.6. The molecule has 11 heterocycles. The molecule has 3 aliphatic rings. The first-order chi connectivity index (χ1) is 45.6. The number of aromatic amines is 1. The van der Waals surface area contributed by atoms with E-state index in [2.05, 4.69) is 106 Å². The third-order valence-electron chi connectivity index (χ3n) is 16.6. The SMILES string of the molecule is Cc1[nH]nc2nnc(-c3ccccc3)c(Cl)c12.Cc1nn(CC(=O)N2CCCC2)c2nnc(-c3ccccc3)c(Cl)c12.Cc1nn(CCN2CCN(C)CC2)c2nnc(-c3ccccc3)c(Cl)c12.O=C(Cn1nc(I)c2c(Cl)c(-c3ccccc3)nnc21)N1CC[C@@H](F)C1. The number of benzene rings is 4. The Bertz CT molecular complexity index is 4660. The maximum atomic E-state index is 13.3. The van der Waals surface area contributed by atoms with Crippen molar-refractivity contribution in [1.29, 1.82) is 0 Å². The van der Waals surface area contributed by atoms with Crippen LogP contribution in [0.2, 0.25) is 20.1 Å². The molecular formula is C66H64Cl4FIN20O2. The summed E-state index contributed by atoms with van der Waals surface area (Å²) in [7, 11) is 2.17. The van der Waals surface area contributed by atoms with Gasteiger partial charge in [0.1, 0.15) is 45.7 Å². The van der Waals surface area contributed by atoms with Crippen molar-refractivity contribution in [3.63, 3.8) is 0 Å². The average molecular weight is 1460 g/mol. The van der Waals surface area contributed by atoms with E-state index in [1.807, 2.05) is 152 Å². The van der Waals surface area contributed by atoms with E-state index in [9.17, 15) is 14.0 Å². The Balaban J connectivity index is 0.000000122. The molecule has 22 nitrogen and oxygen atoms in total. The zero-order valence-electron chi connectivity index (χ0n) is 51.8. The van der Waals surface area contributed by atoms with Gasteiger partial charge in [-0.1, -0.05) is 168 Å². The highest BCUT2D eigenvalue weighted by molar-refractivity contribution is 14.1. The number of likely N-dealkylation sites (tertiary alicyclic amines) is 2. The number of aryl methyl sites for hydroxylation is 3. The Morgan fingerprint density at radius 1 is 0.500 bits per heavy atom. The molecule has 8 aromatic heterocycles. The van der Waals surface area contributed by atoms with E-state index in [4.69, 9.17) is 46.4 Å². The molecule has 94 heavy (non-hydrogen) atoms. The molecule has 0 aliphatic carbocycles. The number of carbonyl (C=O) groups is 2.